The van der Waals surface area contributed by atoms with Gasteiger partial charge in [0, 0.05) is 22.3 Å². The molecule has 0 aliphatic rings. The fraction of sp³-hybridized carbons (Fsp3) is 0.462. The monoisotopic (exact) mass is 298 g/mol. The van der Waals surface area contributed by atoms with E-state index in [4.69, 9.17) is 5.73 Å². The Balaban J connectivity index is 2.56. The lowest BCUT2D eigenvalue weighted by atomic mass is 9.92. The van der Waals surface area contributed by atoms with Crippen molar-refractivity contribution in [2.75, 3.05) is 12.3 Å². The zero-order chi connectivity index (χ0) is 13.1. The minimum absolute atomic E-state index is 0.0755. The van der Waals surface area contributed by atoms with Gasteiger partial charge in [-0.2, -0.15) is 0 Å². The Labute approximate surface area is 111 Å². The Morgan fingerprint density at radius 1 is 1.41 bits per heavy atom. The van der Waals surface area contributed by atoms with Crippen molar-refractivity contribution in [3.63, 3.8) is 0 Å². The van der Waals surface area contributed by atoms with E-state index in [1.165, 1.54) is 0 Å². The van der Waals surface area contributed by atoms with E-state index in [0.717, 1.165) is 10.9 Å². The molecule has 4 heteroatoms. The molecule has 1 aromatic carbocycles. The average molecular weight is 299 g/mol. The van der Waals surface area contributed by atoms with Crippen LogP contribution in [0.15, 0.2) is 22.7 Å². The van der Waals surface area contributed by atoms with Crippen molar-refractivity contribution >= 4 is 27.5 Å². The Morgan fingerprint density at radius 3 is 2.59 bits per heavy atom. The Morgan fingerprint density at radius 2 is 2.06 bits per heavy atom. The lowest BCUT2D eigenvalue weighted by Gasteiger charge is -2.18. The van der Waals surface area contributed by atoms with Crippen molar-refractivity contribution in [2.45, 2.75) is 27.2 Å². The van der Waals surface area contributed by atoms with Gasteiger partial charge in [-0.15, -0.1) is 0 Å². The van der Waals surface area contributed by atoms with Gasteiger partial charge in [0.2, 0.25) is 0 Å². The summed E-state index contributed by atoms with van der Waals surface area (Å²) in [4.78, 5) is 11.8. The van der Waals surface area contributed by atoms with Crippen LogP contribution in [0, 0.1) is 5.41 Å². The van der Waals surface area contributed by atoms with Crippen LogP contribution in [-0.2, 0) is 0 Å². The SMILES string of the molecule is CC(C)(C)CCNC(=O)c1ccc(Br)c(N)c1. The van der Waals surface area contributed by atoms with Crippen LogP contribution in [-0.4, -0.2) is 12.5 Å². The minimum atomic E-state index is -0.0755. The van der Waals surface area contributed by atoms with E-state index in [9.17, 15) is 4.79 Å². The lowest BCUT2D eigenvalue weighted by Crippen LogP contribution is -2.27. The molecule has 0 bridgehead atoms. The first-order chi connectivity index (χ1) is 7.79. The molecule has 0 aromatic heterocycles. The number of nitrogens with two attached hydrogens (primary N) is 1. The molecule has 0 aliphatic carbocycles. The second-order valence-corrected chi connectivity index (χ2v) is 6.16. The molecule has 0 aliphatic heterocycles. The predicted molar refractivity (Wildman–Crippen MR) is 75.0 cm³/mol. The van der Waals surface area contributed by atoms with Crippen molar-refractivity contribution in [1.29, 1.82) is 0 Å². The fourth-order valence-electron chi connectivity index (χ4n) is 1.34. The van der Waals surface area contributed by atoms with Crippen molar-refractivity contribution in [3.05, 3.63) is 28.2 Å². The molecular weight excluding hydrogens is 280 g/mol. The van der Waals surface area contributed by atoms with Crippen molar-refractivity contribution < 1.29 is 4.79 Å². The molecule has 0 unspecified atom stereocenters. The van der Waals surface area contributed by atoms with E-state index in [-0.39, 0.29) is 11.3 Å². The Bertz CT molecular complexity index is 410. The van der Waals surface area contributed by atoms with E-state index < -0.39 is 0 Å². The summed E-state index contributed by atoms with van der Waals surface area (Å²) >= 11 is 3.30. The Hall–Kier alpha value is -1.03. The molecule has 0 atom stereocenters. The molecule has 1 aromatic rings. The summed E-state index contributed by atoms with van der Waals surface area (Å²) < 4.78 is 0.809. The van der Waals surface area contributed by atoms with Crippen LogP contribution in [0.4, 0.5) is 5.69 Å². The highest BCUT2D eigenvalue weighted by atomic mass is 79.9. The quantitative estimate of drug-likeness (QED) is 0.842. The van der Waals surface area contributed by atoms with Gasteiger partial charge in [-0.3, -0.25) is 4.79 Å². The highest BCUT2D eigenvalue weighted by Gasteiger charge is 2.11. The molecule has 0 saturated heterocycles. The molecule has 3 N–H and O–H groups in total. The maximum absolute atomic E-state index is 11.8. The topological polar surface area (TPSA) is 55.1 Å². The van der Waals surface area contributed by atoms with Crippen LogP contribution >= 0.6 is 15.9 Å². The number of nitrogen functional groups attached to an aromatic ring is 1. The van der Waals surface area contributed by atoms with Gasteiger partial charge in [-0.05, 0) is 46.0 Å². The molecule has 1 rings (SSSR count). The summed E-state index contributed by atoms with van der Waals surface area (Å²) in [6, 6.07) is 5.22. The van der Waals surface area contributed by atoms with Crippen LogP contribution in [0.1, 0.15) is 37.6 Å². The van der Waals surface area contributed by atoms with E-state index in [1.54, 1.807) is 18.2 Å². The first-order valence-electron chi connectivity index (χ1n) is 5.63. The van der Waals surface area contributed by atoms with Gasteiger partial charge in [0.25, 0.3) is 5.91 Å². The van der Waals surface area contributed by atoms with Gasteiger partial charge in [0.05, 0.1) is 0 Å². The maximum Gasteiger partial charge on any atom is 0.251 e. The zero-order valence-corrected chi connectivity index (χ0v) is 12.1. The molecule has 0 radical (unpaired) electrons. The third kappa shape index (κ3) is 4.77. The van der Waals surface area contributed by atoms with Crippen molar-refractivity contribution in [3.8, 4) is 0 Å². The summed E-state index contributed by atoms with van der Waals surface area (Å²) in [5, 5.41) is 2.89. The molecule has 17 heavy (non-hydrogen) atoms. The second-order valence-electron chi connectivity index (χ2n) is 5.30. The molecule has 94 valence electrons. The number of carbonyl (C=O) groups is 1. The van der Waals surface area contributed by atoms with Crippen LogP contribution in [0.2, 0.25) is 0 Å². The molecule has 3 nitrogen and oxygen atoms in total. The van der Waals surface area contributed by atoms with Gasteiger partial charge < -0.3 is 11.1 Å². The number of carbonyl (C=O) groups excluding carboxylic acids is 1. The number of rotatable bonds is 3. The van der Waals surface area contributed by atoms with Crippen molar-refractivity contribution in [1.82, 2.24) is 5.32 Å². The smallest absolute Gasteiger partial charge is 0.251 e. The first kappa shape index (κ1) is 14.0. The van der Waals surface area contributed by atoms with Gasteiger partial charge in [-0.1, -0.05) is 20.8 Å². The molecule has 0 heterocycles. The summed E-state index contributed by atoms with van der Waals surface area (Å²) in [7, 11) is 0. The summed E-state index contributed by atoms with van der Waals surface area (Å²) in [5.41, 5.74) is 7.13. The molecule has 0 fully saturated rings. The Kier molecular flexibility index (Phi) is 4.57. The fourth-order valence-corrected chi connectivity index (χ4v) is 1.58. The molecular formula is C13H19BrN2O. The van der Waals surface area contributed by atoms with Crippen LogP contribution in [0.5, 0.6) is 0 Å². The predicted octanol–water partition coefficient (Wildman–Crippen LogP) is 3.20. The normalized spacial score (nSPS) is 11.3. The summed E-state index contributed by atoms with van der Waals surface area (Å²) in [6.45, 7) is 7.13. The summed E-state index contributed by atoms with van der Waals surface area (Å²) in [6.07, 6.45) is 0.949. The number of hydrogen-bond donors (Lipinski definition) is 2. The average Bonchev–Trinajstić information content (AvgIpc) is 2.20. The molecule has 0 saturated carbocycles. The number of amides is 1. The number of anilines is 1. The zero-order valence-electron chi connectivity index (χ0n) is 10.5. The molecule has 1 amide bonds. The van der Waals surface area contributed by atoms with Gasteiger partial charge in [-0.25, -0.2) is 0 Å². The summed E-state index contributed by atoms with van der Waals surface area (Å²) in [5.74, 6) is -0.0755. The first-order valence-corrected chi connectivity index (χ1v) is 6.42. The number of nitrogens with one attached hydrogen (secondary N) is 1. The number of halogens is 1. The van der Waals surface area contributed by atoms with E-state index >= 15 is 0 Å². The van der Waals surface area contributed by atoms with Gasteiger partial charge in [0.1, 0.15) is 0 Å². The van der Waals surface area contributed by atoms with E-state index in [0.29, 0.717) is 17.8 Å². The minimum Gasteiger partial charge on any atom is -0.398 e. The van der Waals surface area contributed by atoms with E-state index in [2.05, 4.69) is 42.0 Å². The standard InChI is InChI=1S/C13H19BrN2O/c1-13(2,3)6-7-16-12(17)9-4-5-10(14)11(15)8-9/h4-5,8H,6-7,15H2,1-3H3,(H,16,17). The highest BCUT2D eigenvalue weighted by molar-refractivity contribution is 9.10. The van der Waals surface area contributed by atoms with E-state index in [1.807, 2.05) is 0 Å². The lowest BCUT2D eigenvalue weighted by molar-refractivity contribution is 0.0949. The van der Waals surface area contributed by atoms with Crippen molar-refractivity contribution in [2.24, 2.45) is 5.41 Å². The van der Waals surface area contributed by atoms with Crippen LogP contribution in [0.25, 0.3) is 0 Å². The second kappa shape index (κ2) is 5.54. The number of hydrogen-bond acceptors (Lipinski definition) is 2. The maximum atomic E-state index is 11.8. The van der Waals surface area contributed by atoms with Crippen LogP contribution < -0.4 is 11.1 Å². The highest BCUT2D eigenvalue weighted by Crippen LogP contribution is 2.20. The third-order valence-corrected chi connectivity index (χ3v) is 3.14. The third-order valence-electron chi connectivity index (χ3n) is 2.42. The number of benzene rings is 1. The van der Waals surface area contributed by atoms with Gasteiger partial charge >= 0.3 is 0 Å². The largest absolute Gasteiger partial charge is 0.398 e. The van der Waals surface area contributed by atoms with Crippen LogP contribution in [0.3, 0.4) is 0 Å². The van der Waals surface area contributed by atoms with Gasteiger partial charge in [0.15, 0.2) is 0 Å². The molecule has 0 spiro atoms.